The van der Waals surface area contributed by atoms with Crippen molar-refractivity contribution in [2.24, 2.45) is 9.98 Å². The van der Waals surface area contributed by atoms with Gasteiger partial charge in [-0.15, -0.1) is 0 Å². The third-order valence-corrected chi connectivity index (χ3v) is 6.82. The van der Waals surface area contributed by atoms with Crippen LogP contribution in [0, 0.1) is 0 Å². The van der Waals surface area contributed by atoms with Gasteiger partial charge in [0, 0.05) is 55.9 Å². The molecule has 1 fully saturated rings. The van der Waals surface area contributed by atoms with E-state index in [0.717, 1.165) is 67.5 Å². The minimum Gasteiger partial charge on any atom is -0.369 e. The third-order valence-electron chi connectivity index (χ3n) is 6.59. The molecule has 3 aliphatic rings. The number of hydrogen-bond acceptors (Lipinski definition) is 5. The zero-order chi connectivity index (χ0) is 21.7. The summed E-state index contributed by atoms with van der Waals surface area (Å²) >= 11 is 6.14. The van der Waals surface area contributed by atoms with Gasteiger partial charge < -0.3 is 9.80 Å². The van der Waals surface area contributed by atoms with E-state index in [1.165, 1.54) is 22.4 Å². The van der Waals surface area contributed by atoms with Crippen molar-refractivity contribution < 1.29 is 0 Å². The van der Waals surface area contributed by atoms with Crippen molar-refractivity contribution in [3.8, 4) is 0 Å². The zero-order valence-corrected chi connectivity index (χ0v) is 18.8. The number of piperazine rings is 1. The van der Waals surface area contributed by atoms with E-state index in [9.17, 15) is 0 Å². The number of hydrogen-bond donors (Lipinski definition) is 0. The van der Waals surface area contributed by atoms with Gasteiger partial charge in [0.25, 0.3) is 0 Å². The predicted octanol–water partition coefficient (Wildman–Crippen LogP) is 4.84. The van der Waals surface area contributed by atoms with Crippen molar-refractivity contribution in [3.05, 3.63) is 82.1 Å². The van der Waals surface area contributed by atoms with Gasteiger partial charge in [-0.25, -0.2) is 0 Å². The molecule has 6 heteroatoms. The van der Waals surface area contributed by atoms with Crippen molar-refractivity contribution >= 4 is 40.1 Å². The van der Waals surface area contributed by atoms with Gasteiger partial charge >= 0.3 is 0 Å². The molecular weight excluding hydrogens is 418 g/mol. The van der Waals surface area contributed by atoms with Crippen LogP contribution in [0.15, 0.2) is 64.7 Å². The number of pyridine rings is 1. The minimum absolute atomic E-state index is 0.684. The molecule has 0 saturated carbocycles. The number of nitrogens with zero attached hydrogens (tertiary/aromatic N) is 5. The molecule has 0 spiro atoms. The lowest BCUT2D eigenvalue weighted by Crippen LogP contribution is -2.44. The van der Waals surface area contributed by atoms with Gasteiger partial charge in [-0.05, 0) is 66.2 Å². The van der Waals surface area contributed by atoms with Gasteiger partial charge in [0.1, 0.15) is 0 Å². The molecule has 6 rings (SSSR count). The van der Waals surface area contributed by atoms with Crippen molar-refractivity contribution in [1.82, 2.24) is 9.88 Å². The SMILES string of the molecule is CN1CCN(c2ccc3c(c2)CC(c2ccc4c(c2)CC(c2cc(Cl)ccn2)=N4)=N3)CC1. The predicted molar refractivity (Wildman–Crippen MR) is 132 cm³/mol. The van der Waals surface area contributed by atoms with Crippen LogP contribution in [-0.4, -0.2) is 54.5 Å². The summed E-state index contributed by atoms with van der Waals surface area (Å²) in [6.07, 6.45) is 3.37. The lowest BCUT2D eigenvalue weighted by Gasteiger charge is -2.34. The van der Waals surface area contributed by atoms with Crippen LogP contribution in [0.25, 0.3) is 0 Å². The standard InChI is InChI=1S/C26H24ClN5/c1-31-8-10-32(11-9-31)21-3-5-23-19(13-21)14-24(29-23)17-2-4-22-18(12-17)15-26(30-22)25-16-20(27)6-7-28-25/h2-7,12-13,16H,8-11,14-15H2,1H3. The van der Waals surface area contributed by atoms with Crippen molar-refractivity contribution in [1.29, 1.82) is 0 Å². The fraction of sp³-hybridized carbons (Fsp3) is 0.269. The Morgan fingerprint density at radius 1 is 0.781 bits per heavy atom. The number of halogens is 1. The molecule has 160 valence electrons. The second-order valence-corrected chi connectivity index (χ2v) is 9.21. The maximum atomic E-state index is 6.14. The minimum atomic E-state index is 0.684. The molecular formula is C26H24ClN5. The lowest BCUT2D eigenvalue weighted by molar-refractivity contribution is 0.313. The highest BCUT2D eigenvalue weighted by Crippen LogP contribution is 2.35. The van der Waals surface area contributed by atoms with E-state index in [1.54, 1.807) is 12.3 Å². The number of aromatic nitrogens is 1. The molecule has 4 heterocycles. The second-order valence-electron chi connectivity index (χ2n) is 8.78. The molecule has 1 aromatic heterocycles. The van der Waals surface area contributed by atoms with Gasteiger partial charge in [-0.3, -0.25) is 15.0 Å². The highest BCUT2D eigenvalue weighted by molar-refractivity contribution is 6.31. The van der Waals surface area contributed by atoms with Crippen molar-refractivity contribution in [3.63, 3.8) is 0 Å². The van der Waals surface area contributed by atoms with Gasteiger partial charge in [-0.1, -0.05) is 17.7 Å². The Balaban J connectivity index is 1.20. The van der Waals surface area contributed by atoms with Crippen LogP contribution < -0.4 is 4.90 Å². The quantitative estimate of drug-likeness (QED) is 0.584. The van der Waals surface area contributed by atoms with Crippen LogP contribution in [0.5, 0.6) is 0 Å². The van der Waals surface area contributed by atoms with E-state index in [2.05, 4.69) is 58.2 Å². The first-order valence-corrected chi connectivity index (χ1v) is 11.5. The van der Waals surface area contributed by atoms with Gasteiger partial charge in [-0.2, -0.15) is 0 Å². The molecule has 0 amide bonds. The van der Waals surface area contributed by atoms with Crippen LogP contribution in [0.3, 0.4) is 0 Å². The van der Waals surface area contributed by atoms with Gasteiger partial charge in [0.15, 0.2) is 0 Å². The summed E-state index contributed by atoms with van der Waals surface area (Å²) in [6.45, 7) is 4.39. The molecule has 0 atom stereocenters. The zero-order valence-electron chi connectivity index (χ0n) is 18.1. The number of benzene rings is 2. The van der Waals surface area contributed by atoms with Crippen LogP contribution >= 0.6 is 11.6 Å². The maximum absolute atomic E-state index is 6.14. The fourth-order valence-electron chi connectivity index (χ4n) is 4.71. The molecule has 3 aromatic rings. The number of aliphatic imine (C=N–C) groups is 2. The second kappa shape index (κ2) is 7.84. The highest BCUT2D eigenvalue weighted by atomic mass is 35.5. The third kappa shape index (κ3) is 3.61. The van der Waals surface area contributed by atoms with Gasteiger partial charge in [0.05, 0.1) is 28.5 Å². The Morgan fingerprint density at radius 2 is 1.50 bits per heavy atom. The summed E-state index contributed by atoms with van der Waals surface area (Å²) in [5.41, 5.74) is 10.1. The molecule has 0 bridgehead atoms. The number of fused-ring (bicyclic) bond motifs is 2. The summed E-state index contributed by atoms with van der Waals surface area (Å²) in [5.74, 6) is 0. The van der Waals surface area contributed by atoms with E-state index in [-0.39, 0.29) is 0 Å². The molecule has 2 aromatic carbocycles. The highest BCUT2D eigenvalue weighted by Gasteiger charge is 2.22. The monoisotopic (exact) mass is 441 g/mol. The molecule has 0 unspecified atom stereocenters. The maximum Gasteiger partial charge on any atom is 0.0862 e. The van der Waals surface area contributed by atoms with E-state index < -0.39 is 0 Å². The lowest BCUT2D eigenvalue weighted by atomic mass is 9.99. The molecule has 3 aliphatic heterocycles. The summed E-state index contributed by atoms with van der Waals surface area (Å²) in [4.78, 5) is 19.0. The first-order chi connectivity index (χ1) is 15.6. The van der Waals surface area contributed by atoms with E-state index in [4.69, 9.17) is 21.6 Å². The normalized spacial score (nSPS) is 17.8. The molecule has 0 aliphatic carbocycles. The van der Waals surface area contributed by atoms with Crippen molar-refractivity contribution in [2.75, 3.05) is 38.1 Å². The van der Waals surface area contributed by atoms with Crippen LogP contribution in [-0.2, 0) is 12.8 Å². The Labute approximate surface area is 193 Å². The summed E-state index contributed by atoms with van der Waals surface area (Å²) in [5, 5.41) is 0.684. The Bertz CT molecular complexity index is 1270. The molecule has 5 nitrogen and oxygen atoms in total. The van der Waals surface area contributed by atoms with E-state index in [0.29, 0.717) is 5.02 Å². The van der Waals surface area contributed by atoms with Crippen LogP contribution in [0.2, 0.25) is 5.02 Å². The Hall–Kier alpha value is -3.02. The van der Waals surface area contributed by atoms with Crippen LogP contribution in [0.1, 0.15) is 22.4 Å². The largest absolute Gasteiger partial charge is 0.369 e. The molecule has 32 heavy (non-hydrogen) atoms. The number of rotatable bonds is 3. The topological polar surface area (TPSA) is 44.1 Å². The van der Waals surface area contributed by atoms with E-state index in [1.807, 2.05) is 6.07 Å². The average molecular weight is 442 g/mol. The van der Waals surface area contributed by atoms with Crippen LogP contribution in [0.4, 0.5) is 17.1 Å². The first-order valence-electron chi connectivity index (χ1n) is 11.1. The average Bonchev–Trinajstić information content (AvgIpc) is 3.43. The Kier molecular flexibility index (Phi) is 4.81. The number of anilines is 1. The smallest absolute Gasteiger partial charge is 0.0862 e. The molecule has 0 N–H and O–H groups in total. The number of likely N-dealkylation sites (N-methyl/N-ethyl adjacent to an activating group) is 1. The summed E-state index contributed by atoms with van der Waals surface area (Å²) < 4.78 is 0. The first kappa shape index (κ1) is 19.6. The summed E-state index contributed by atoms with van der Waals surface area (Å²) in [7, 11) is 2.19. The van der Waals surface area contributed by atoms with E-state index >= 15 is 0 Å². The summed E-state index contributed by atoms with van der Waals surface area (Å²) in [6, 6.07) is 16.9. The Morgan fingerprint density at radius 3 is 2.31 bits per heavy atom. The fourth-order valence-corrected chi connectivity index (χ4v) is 4.87. The van der Waals surface area contributed by atoms with Crippen molar-refractivity contribution in [2.45, 2.75) is 12.8 Å². The van der Waals surface area contributed by atoms with Gasteiger partial charge in [0.2, 0.25) is 0 Å². The molecule has 1 saturated heterocycles. The molecule has 0 radical (unpaired) electrons.